The van der Waals surface area contributed by atoms with E-state index < -0.39 is 11.9 Å². The third-order valence-corrected chi connectivity index (χ3v) is 5.53. The molecule has 1 atom stereocenters. The number of anilines is 1. The molecular formula is C24H27N5O5. The number of carbonyl (C=O) groups excluding carboxylic acids is 1. The van der Waals surface area contributed by atoms with Crippen LogP contribution in [-0.2, 0) is 4.79 Å². The highest BCUT2D eigenvalue weighted by Crippen LogP contribution is 2.39. The number of methoxy groups -OCH3 is 3. The smallest absolute Gasteiger partial charge is 0.248 e. The van der Waals surface area contributed by atoms with E-state index in [1.165, 1.54) is 0 Å². The van der Waals surface area contributed by atoms with E-state index in [2.05, 4.69) is 10.3 Å². The van der Waals surface area contributed by atoms with Gasteiger partial charge in [0.1, 0.15) is 17.5 Å². The molecule has 10 nitrogen and oxygen atoms in total. The number of primary amides is 1. The quantitative estimate of drug-likeness (QED) is 0.520. The average Bonchev–Trinajstić information content (AvgIpc) is 3.26. The Kier molecular flexibility index (Phi) is 6.31. The number of carbonyl (C=O) groups is 1. The van der Waals surface area contributed by atoms with Gasteiger partial charge in [-0.1, -0.05) is 6.07 Å². The number of amides is 1. The highest BCUT2D eigenvalue weighted by Gasteiger charge is 2.34. The van der Waals surface area contributed by atoms with Gasteiger partial charge in [0.05, 0.1) is 33.5 Å². The molecule has 0 aliphatic carbocycles. The maximum atomic E-state index is 12.5. The lowest BCUT2D eigenvalue weighted by molar-refractivity contribution is -0.115. The van der Waals surface area contributed by atoms with E-state index in [0.717, 1.165) is 5.56 Å². The lowest BCUT2D eigenvalue weighted by atomic mass is 9.95. The Morgan fingerprint density at radius 1 is 1.06 bits per heavy atom. The molecule has 3 aromatic rings. The molecule has 2 aromatic carbocycles. The first-order valence-corrected chi connectivity index (χ1v) is 10.7. The topological polar surface area (TPSA) is 123 Å². The number of allylic oxidation sites excluding steroid dienone is 1. The fraction of sp³-hybridized carbons (Fsp3) is 0.292. The van der Waals surface area contributed by atoms with Crippen molar-refractivity contribution in [3.8, 4) is 34.4 Å². The van der Waals surface area contributed by atoms with Crippen molar-refractivity contribution in [3.63, 3.8) is 0 Å². The second kappa shape index (κ2) is 9.34. The number of nitrogens with two attached hydrogens (primary N) is 1. The zero-order chi connectivity index (χ0) is 24.4. The second-order valence-corrected chi connectivity index (χ2v) is 7.58. The Labute approximate surface area is 197 Å². The molecular weight excluding hydrogens is 438 g/mol. The van der Waals surface area contributed by atoms with Crippen LogP contribution in [0.2, 0.25) is 0 Å². The van der Waals surface area contributed by atoms with E-state index in [9.17, 15) is 4.79 Å². The number of aromatic nitrogens is 3. The lowest BCUT2D eigenvalue weighted by Crippen LogP contribution is -2.31. The van der Waals surface area contributed by atoms with Crippen LogP contribution in [0.25, 0.3) is 11.4 Å². The summed E-state index contributed by atoms with van der Waals surface area (Å²) in [4.78, 5) is 17.2. The first-order valence-electron chi connectivity index (χ1n) is 10.7. The zero-order valence-electron chi connectivity index (χ0n) is 19.7. The van der Waals surface area contributed by atoms with Crippen LogP contribution in [0, 0.1) is 0 Å². The first kappa shape index (κ1) is 23.0. The Balaban J connectivity index is 1.87. The molecule has 1 aliphatic rings. The van der Waals surface area contributed by atoms with E-state index >= 15 is 0 Å². The van der Waals surface area contributed by atoms with E-state index in [1.54, 1.807) is 45.1 Å². The molecule has 34 heavy (non-hydrogen) atoms. The van der Waals surface area contributed by atoms with Crippen LogP contribution in [0.4, 0.5) is 5.95 Å². The molecule has 0 radical (unpaired) electrons. The Hall–Kier alpha value is -4.21. The molecule has 0 saturated carbocycles. The highest BCUT2D eigenvalue weighted by molar-refractivity contribution is 5.95. The molecule has 0 fully saturated rings. The number of hydrogen-bond acceptors (Lipinski definition) is 8. The van der Waals surface area contributed by atoms with Crippen molar-refractivity contribution in [2.75, 3.05) is 33.3 Å². The van der Waals surface area contributed by atoms with Crippen molar-refractivity contribution in [1.29, 1.82) is 0 Å². The van der Waals surface area contributed by atoms with E-state index in [1.807, 2.05) is 31.2 Å². The van der Waals surface area contributed by atoms with Crippen molar-refractivity contribution >= 4 is 11.9 Å². The minimum Gasteiger partial charge on any atom is -0.497 e. The molecule has 1 amide bonds. The summed E-state index contributed by atoms with van der Waals surface area (Å²) in [5.74, 6) is 2.70. The molecule has 0 bridgehead atoms. The summed E-state index contributed by atoms with van der Waals surface area (Å²) in [5, 5.41) is 7.88. The summed E-state index contributed by atoms with van der Waals surface area (Å²) in [6.45, 7) is 4.18. The van der Waals surface area contributed by atoms with E-state index in [0.29, 0.717) is 58.2 Å². The zero-order valence-corrected chi connectivity index (χ0v) is 19.7. The number of rotatable bonds is 8. The average molecular weight is 466 g/mol. The Morgan fingerprint density at radius 3 is 2.35 bits per heavy atom. The maximum Gasteiger partial charge on any atom is 0.248 e. The van der Waals surface area contributed by atoms with Gasteiger partial charge < -0.3 is 30.0 Å². The summed E-state index contributed by atoms with van der Waals surface area (Å²) < 4.78 is 23.6. The number of benzene rings is 2. The van der Waals surface area contributed by atoms with Gasteiger partial charge in [-0.2, -0.15) is 4.98 Å². The molecule has 1 aromatic heterocycles. The summed E-state index contributed by atoms with van der Waals surface area (Å²) >= 11 is 0. The van der Waals surface area contributed by atoms with Crippen LogP contribution in [0.5, 0.6) is 23.0 Å². The number of nitrogens with zero attached hydrogens (tertiary/aromatic N) is 3. The Morgan fingerprint density at radius 2 is 1.76 bits per heavy atom. The van der Waals surface area contributed by atoms with Gasteiger partial charge in [0.15, 0.2) is 17.3 Å². The SMILES string of the molecule is CCOc1ccc([C@H]2C(C(N)=O)=C(C)Nc3nc(-c4cc(OC)cc(OC)c4)nn32)cc1OC. The van der Waals surface area contributed by atoms with Crippen molar-refractivity contribution in [2.24, 2.45) is 5.73 Å². The number of hydrogen-bond donors (Lipinski definition) is 2. The molecule has 0 unspecified atom stereocenters. The van der Waals surface area contributed by atoms with Gasteiger partial charge in [-0.15, -0.1) is 5.10 Å². The summed E-state index contributed by atoms with van der Waals surface area (Å²) in [6, 6.07) is 10.3. The molecule has 0 spiro atoms. The van der Waals surface area contributed by atoms with E-state index in [-0.39, 0.29) is 0 Å². The third kappa shape index (κ3) is 4.09. The van der Waals surface area contributed by atoms with Crippen molar-refractivity contribution in [2.45, 2.75) is 19.9 Å². The van der Waals surface area contributed by atoms with Crippen LogP contribution < -0.4 is 30.0 Å². The Bertz CT molecular complexity index is 1240. The summed E-state index contributed by atoms with van der Waals surface area (Å²) in [7, 11) is 4.72. The molecule has 2 heterocycles. The monoisotopic (exact) mass is 465 g/mol. The van der Waals surface area contributed by atoms with Crippen LogP contribution in [0.15, 0.2) is 47.7 Å². The van der Waals surface area contributed by atoms with Crippen LogP contribution in [0.3, 0.4) is 0 Å². The van der Waals surface area contributed by atoms with Gasteiger partial charge in [-0.3, -0.25) is 4.79 Å². The predicted octanol–water partition coefficient (Wildman–Crippen LogP) is 3.14. The van der Waals surface area contributed by atoms with Gasteiger partial charge in [-0.25, -0.2) is 4.68 Å². The van der Waals surface area contributed by atoms with Crippen molar-refractivity contribution in [1.82, 2.24) is 14.8 Å². The normalized spacial score (nSPS) is 14.8. The van der Waals surface area contributed by atoms with Crippen molar-refractivity contribution in [3.05, 3.63) is 53.2 Å². The predicted molar refractivity (Wildman–Crippen MR) is 126 cm³/mol. The van der Waals surface area contributed by atoms with Gasteiger partial charge in [0.25, 0.3) is 0 Å². The van der Waals surface area contributed by atoms with Crippen LogP contribution in [0.1, 0.15) is 25.5 Å². The fourth-order valence-corrected chi connectivity index (χ4v) is 3.97. The standard InChI is InChI=1S/C24H27N5O5/c1-6-34-18-8-7-14(11-19(18)33-5)21-20(22(25)30)13(2)26-24-27-23(28-29(21)24)15-9-16(31-3)12-17(10-15)32-4/h7-12,21H,6H2,1-5H3,(H2,25,30)(H,26,27,28)/t21-/m0/s1. The van der Waals surface area contributed by atoms with Gasteiger partial charge in [-0.05, 0) is 43.7 Å². The molecule has 178 valence electrons. The molecule has 10 heteroatoms. The van der Waals surface area contributed by atoms with Crippen LogP contribution >= 0.6 is 0 Å². The fourth-order valence-electron chi connectivity index (χ4n) is 3.97. The third-order valence-electron chi connectivity index (χ3n) is 5.53. The number of nitrogens with one attached hydrogen (secondary N) is 1. The molecule has 1 aliphatic heterocycles. The minimum absolute atomic E-state index is 0.374. The van der Waals surface area contributed by atoms with Crippen LogP contribution in [-0.4, -0.2) is 48.6 Å². The lowest BCUT2D eigenvalue weighted by Gasteiger charge is -2.28. The van der Waals surface area contributed by atoms with Gasteiger partial charge in [0.2, 0.25) is 11.9 Å². The number of ether oxygens (including phenoxy) is 4. The minimum atomic E-state index is -0.618. The largest absolute Gasteiger partial charge is 0.497 e. The van der Waals surface area contributed by atoms with Crippen molar-refractivity contribution < 1.29 is 23.7 Å². The summed E-state index contributed by atoms with van der Waals surface area (Å²) in [6.07, 6.45) is 0. The maximum absolute atomic E-state index is 12.5. The highest BCUT2D eigenvalue weighted by atomic mass is 16.5. The molecule has 3 N–H and O–H groups in total. The first-order chi connectivity index (χ1) is 16.4. The second-order valence-electron chi connectivity index (χ2n) is 7.58. The number of fused-ring (bicyclic) bond motifs is 1. The van der Waals surface area contributed by atoms with E-state index in [4.69, 9.17) is 29.8 Å². The van der Waals surface area contributed by atoms with Gasteiger partial charge >= 0.3 is 0 Å². The molecule has 0 saturated heterocycles. The molecule has 4 rings (SSSR count). The van der Waals surface area contributed by atoms with Gasteiger partial charge in [0, 0.05) is 17.3 Å². The summed E-state index contributed by atoms with van der Waals surface area (Å²) in [5.41, 5.74) is 8.21.